The molecule has 2 saturated heterocycles. The Labute approximate surface area is 157 Å². The number of hydrogen-bond acceptors (Lipinski definition) is 3. The lowest BCUT2D eigenvalue weighted by Crippen LogP contribution is -2.47. The van der Waals surface area contributed by atoms with Gasteiger partial charge >= 0.3 is 0 Å². The highest BCUT2D eigenvalue weighted by molar-refractivity contribution is 6.08. The van der Waals surface area contributed by atoms with Gasteiger partial charge in [-0.25, -0.2) is 4.39 Å². The van der Waals surface area contributed by atoms with E-state index in [0.29, 0.717) is 63.2 Å². The predicted molar refractivity (Wildman–Crippen MR) is 99.0 cm³/mol. The molecular weight excluding hydrogens is 349 g/mol. The second kappa shape index (κ2) is 7.31. The lowest BCUT2D eigenvalue weighted by molar-refractivity contribution is -0.141. The maximum absolute atomic E-state index is 13.7. The molecule has 3 heterocycles. The van der Waals surface area contributed by atoms with Crippen molar-refractivity contribution in [1.82, 2.24) is 14.8 Å². The molecular formula is C20H24FN3O3. The van der Waals surface area contributed by atoms with Crippen molar-refractivity contribution in [1.29, 1.82) is 0 Å². The molecule has 6 nitrogen and oxygen atoms in total. The van der Waals surface area contributed by atoms with Gasteiger partial charge in [0.25, 0.3) is 5.91 Å². The fourth-order valence-electron chi connectivity index (χ4n) is 4.10. The Morgan fingerprint density at radius 3 is 2.52 bits per heavy atom. The Hall–Kier alpha value is -2.41. The summed E-state index contributed by atoms with van der Waals surface area (Å²) < 4.78 is 19.0. The van der Waals surface area contributed by atoms with Crippen LogP contribution in [0, 0.1) is 18.7 Å². The van der Waals surface area contributed by atoms with E-state index in [1.165, 1.54) is 12.1 Å². The number of hydrogen-bond donors (Lipinski definition) is 1. The van der Waals surface area contributed by atoms with E-state index in [0.717, 1.165) is 11.2 Å². The first-order chi connectivity index (χ1) is 13.0. The summed E-state index contributed by atoms with van der Waals surface area (Å²) in [7, 11) is 0. The van der Waals surface area contributed by atoms with Crippen LogP contribution in [0.4, 0.5) is 4.39 Å². The van der Waals surface area contributed by atoms with Crippen LogP contribution >= 0.6 is 0 Å². The van der Waals surface area contributed by atoms with Gasteiger partial charge < -0.3 is 19.5 Å². The molecule has 2 aromatic rings. The number of benzene rings is 1. The number of aromatic nitrogens is 1. The number of aromatic amines is 1. The first-order valence-corrected chi connectivity index (χ1v) is 9.48. The number of ether oxygens (including phenoxy) is 1. The van der Waals surface area contributed by atoms with Gasteiger partial charge in [-0.05, 0) is 38.0 Å². The standard InChI is InChI=1S/C20H24FN3O3/c1-13-18(16-12-15(21)2-3-17(16)22-13)20(26)23-6-4-14(5-7-23)19(25)24-8-10-27-11-9-24/h2-3,12,14,22H,4-11H2,1H3. The van der Waals surface area contributed by atoms with E-state index >= 15 is 0 Å². The van der Waals surface area contributed by atoms with Crippen molar-refractivity contribution in [3.8, 4) is 0 Å². The lowest BCUT2D eigenvalue weighted by atomic mass is 9.94. The number of nitrogens with one attached hydrogen (secondary N) is 1. The monoisotopic (exact) mass is 373 g/mol. The largest absolute Gasteiger partial charge is 0.378 e. The van der Waals surface area contributed by atoms with Gasteiger partial charge in [0.2, 0.25) is 5.91 Å². The van der Waals surface area contributed by atoms with Gasteiger partial charge in [0.1, 0.15) is 5.82 Å². The zero-order valence-electron chi connectivity index (χ0n) is 15.5. The molecule has 1 aromatic carbocycles. The van der Waals surface area contributed by atoms with Gasteiger partial charge in [-0.2, -0.15) is 0 Å². The zero-order chi connectivity index (χ0) is 19.0. The molecule has 0 radical (unpaired) electrons. The molecule has 0 atom stereocenters. The van der Waals surface area contributed by atoms with Crippen molar-refractivity contribution in [2.45, 2.75) is 19.8 Å². The number of morpholine rings is 1. The van der Waals surface area contributed by atoms with Crippen molar-refractivity contribution < 1.29 is 18.7 Å². The van der Waals surface area contributed by atoms with Crippen molar-refractivity contribution >= 4 is 22.7 Å². The molecule has 2 fully saturated rings. The second-order valence-corrected chi connectivity index (χ2v) is 7.32. The summed E-state index contributed by atoms with van der Waals surface area (Å²) in [5.74, 6) is -0.309. The van der Waals surface area contributed by atoms with E-state index in [1.54, 1.807) is 11.0 Å². The van der Waals surface area contributed by atoms with Crippen LogP contribution in [0.2, 0.25) is 0 Å². The fraction of sp³-hybridized carbons (Fsp3) is 0.500. The molecule has 2 aliphatic heterocycles. The highest BCUT2D eigenvalue weighted by Crippen LogP contribution is 2.27. The van der Waals surface area contributed by atoms with Crippen LogP contribution in [-0.4, -0.2) is 66.0 Å². The third kappa shape index (κ3) is 3.43. The summed E-state index contributed by atoms with van der Waals surface area (Å²) >= 11 is 0. The van der Waals surface area contributed by atoms with Crippen molar-refractivity contribution in [3.05, 3.63) is 35.3 Å². The highest BCUT2D eigenvalue weighted by Gasteiger charge is 2.32. The zero-order valence-corrected chi connectivity index (χ0v) is 15.5. The minimum atomic E-state index is -0.356. The Morgan fingerprint density at radius 2 is 1.81 bits per heavy atom. The molecule has 0 aliphatic carbocycles. The number of likely N-dealkylation sites (tertiary alicyclic amines) is 1. The highest BCUT2D eigenvalue weighted by atomic mass is 19.1. The van der Waals surface area contributed by atoms with Gasteiger partial charge in [-0.3, -0.25) is 9.59 Å². The Morgan fingerprint density at radius 1 is 1.11 bits per heavy atom. The predicted octanol–water partition coefficient (Wildman–Crippen LogP) is 2.33. The van der Waals surface area contributed by atoms with Crippen LogP contribution in [0.15, 0.2) is 18.2 Å². The Balaban J connectivity index is 1.45. The van der Waals surface area contributed by atoms with Crippen molar-refractivity contribution in [2.24, 2.45) is 5.92 Å². The van der Waals surface area contributed by atoms with Crippen LogP contribution in [0.25, 0.3) is 10.9 Å². The van der Waals surface area contributed by atoms with Gasteiger partial charge in [-0.1, -0.05) is 0 Å². The molecule has 2 aliphatic rings. The molecule has 0 bridgehead atoms. The Bertz CT molecular complexity index is 865. The third-order valence-corrected chi connectivity index (χ3v) is 5.62. The molecule has 2 amide bonds. The first-order valence-electron chi connectivity index (χ1n) is 9.48. The van der Waals surface area contributed by atoms with Crippen molar-refractivity contribution in [3.63, 3.8) is 0 Å². The van der Waals surface area contributed by atoms with E-state index < -0.39 is 0 Å². The van der Waals surface area contributed by atoms with Gasteiger partial charge in [0, 0.05) is 48.7 Å². The summed E-state index contributed by atoms with van der Waals surface area (Å²) in [6.45, 7) is 5.41. The molecule has 0 unspecified atom stereocenters. The van der Waals surface area contributed by atoms with E-state index in [4.69, 9.17) is 4.74 Å². The maximum atomic E-state index is 13.7. The number of halogens is 1. The van der Waals surface area contributed by atoms with Gasteiger partial charge in [0.05, 0.1) is 18.8 Å². The summed E-state index contributed by atoms with van der Waals surface area (Å²) in [6.07, 6.45) is 1.33. The fourth-order valence-corrected chi connectivity index (χ4v) is 4.10. The molecule has 1 aromatic heterocycles. The molecule has 0 saturated carbocycles. The molecule has 144 valence electrons. The van der Waals surface area contributed by atoms with Crippen LogP contribution in [0.3, 0.4) is 0 Å². The number of carbonyl (C=O) groups is 2. The van der Waals surface area contributed by atoms with Crippen LogP contribution in [-0.2, 0) is 9.53 Å². The minimum absolute atomic E-state index is 0.0336. The normalized spacial score (nSPS) is 18.9. The molecule has 1 N–H and O–H groups in total. The smallest absolute Gasteiger partial charge is 0.256 e. The number of piperidine rings is 1. The Kier molecular flexibility index (Phi) is 4.86. The van der Waals surface area contributed by atoms with Crippen LogP contribution in [0.5, 0.6) is 0 Å². The number of nitrogens with zero attached hydrogens (tertiary/aromatic N) is 2. The first kappa shape index (κ1) is 18.0. The van der Waals surface area contributed by atoms with Crippen LogP contribution in [0.1, 0.15) is 28.9 Å². The number of amides is 2. The summed E-state index contributed by atoms with van der Waals surface area (Å²) in [4.78, 5) is 32.5. The van der Waals surface area contributed by atoms with E-state index in [-0.39, 0.29) is 23.5 Å². The van der Waals surface area contributed by atoms with E-state index in [1.807, 2.05) is 11.8 Å². The average Bonchev–Trinajstić information content (AvgIpc) is 3.02. The second-order valence-electron chi connectivity index (χ2n) is 7.32. The number of carbonyl (C=O) groups excluding carboxylic acids is 2. The lowest BCUT2D eigenvalue weighted by Gasteiger charge is -2.35. The summed E-state index contributed by atoms with van der Waals surface area (Å²) in [5.41, 5.74) is 2.03. The number of H-pyrrole nitrogens is 1. The van der Waals surface area contributed by atoms with Crippen molar-refractivity contribution in [2.75, 3.05) is 39.4 Å². The number of aryl methyl sites for hydroxylation is 1. The quantitative estimate of drug-likeness (QED) is 0.879. The summed E-state index contributed by atoms with van der Waals surface area (Å²) in [6, 6.07) is 4.44. The number of fused-ring (bicyclic) bond motifs is 1. The average molecular weight is 373 g/mol. The topological polar surface area (TPSA) is 65.6 Å². The minimum Gasteiger partial charge on any atom is -0.378 e. The number of rotatable bonds is 2. The molecule has 0 spiro atoms. The third-order valence-electron chi connectivity index (χ3n) is 5.62. The van der Waals surface area contributed by atoms with E-state index in [9.17, 15) is 14.0 Å². The van der Waals surface area contributed by atoms with Gasteiger partial charge in [-0.15, -0.1) is 0 Å². The maximum Gasteiger partial charge on any atom is 0.256 e. The van der Waals surface area contributed by atoms with Crippen LogP contribution < -0.4 is 0 Å². The van der Waals surface area contributed by atoms with Gasteiger partial charge in [0.15, 0.2) is 0 Å². The molecule has 7 heteroatoms. The molecule has 4 rings (SSSR count). The van der Waals surface area contributed by atoms with E-state index in [2.05, 4.69) is 4.98 Å². The summed E-state index contributed by atoms with van der Waals surface area (Å²) in [5, 5.41) is 0.615. The molecule has 27 heavy (non-hydrogen) atoms. The SMILES string of the molecule is Cc1[nH]c2ccc(F)cc2c1C(=O)N1CCC(C(=O)N2CCOCC2)CC1.